The highest BCUT2D eigenvalue weighted by atomic mass is 16.5. The molecule has 0 bridgehead atoms. The Bertz CT molecular complexity index is 996. The lowest BCUT2D eigenvalue weighted by Gasteiger charge is -2.31. The first-order valence-corrected chi connectivity index (χ1v) is 12.1. The summed E-state index contributed by atoms with van der Waals surface area (Å²) >= 11 is 0. The Morgan fingerprint density at radius 2 is 1.88 bits per heavy atom. The zero-order valence-electron chi connectivity index (χ0n) is 21.3. The van der Waals surface area contributed by atoms with Crippen molar-refractivity contribution in [2.75, 3.05) is 25.7 Å². The number of anilines is 1. The van der Waals surface area contributed by atoms with Crippen LogP contribution < -0.4 is 4.90 Å². The van der Waals surface area contributed by atoms with E-state index in [4.69, 9.17) is 9.47 Å². The topological polar surface area (TPSA) is 104 Å². The average Bonchev–Trinajstić information content (AvgIpc) is 3.24. The number of carbonyl (C=O) groups excluding carboxylic acids is 2. The van der Waals surface area contributed by atoms with Gasteiger partial charge in [-0.1, -0.05) is 51.3 Å². The molecule has 2 aromatic rings. The molecule has 0 amide bonds. The molecule has 0 saturated carbocycles. The highest BCUT2D eigenvalue weighted by Crippen LogP contribution is 2.35. The number of rotatable bonds is 13. The van der Waals surface area contributed by atoms with Gasteiger partial charge in [0, 0.05) is 30.7 Å². The second kappa shape index (κ2) is 13.0. The monoisotopic (exact) mass is 473 g/mol. The summed E-state index contributed by atoms with van der Waals surface area (Å²) in [6.07, 6.45) is 7.47. The first-order valence-electron chi connectivity index (χ1n) is 12.1. The summed E-state index contributed by atoms with van der Waals surface area (Å²) in [5.74, 6) is -0.951. The maximum Gasteiger partial charge on any atom is 0.356 e. The number of ether oxygens (including phenoxy) is 2. The molecule has 0 radical (unpaired) electrons. The normalized spacial score (nSPS) is 12.7. The number of aromatic nitrogens is 1. The zero-order chi connectivity index (χ0) is 25.3. The largest absolute Gasteiger partial charge is 0.467 e. The summed E-state index contributed by atoms with van der Waals surface area (Å²) in [7, 11) is 3.27. The molecule has 34 heavy (non-hydrogen) atoms. The molecule has 2 N–H and O–H groups in total. The molecule has 0 aliphatic rings. The number of fused-ring (bicyclic) bond motifs is 1. The number of H-pyrrole nitrogens is 1. The highest BCUT2D eigenvalue weighted by molar-refractivity contribution is 6.37. The number of benzene rings is 1. The Morgan fingerprint density at radius 1 is 1.15 bits per heavy atom. The Kier molecular flexibility index (Phi) is 10.4. The molecular formula is C26H39N3O5. The maximum atomic E-state index is 12.6. The summed E-state index contributed by atoms with van der Waals surface area (Å²) in [4.78, 5) is 30.2. The number of nitrogens with one attached hydrogen (secondary N) is 1. The van der Waals surface area contributed by atoms with Crippen LogP contribution in [0, 0.1) is 5.92 Å². The minimum Gasteiger partial charge on any atom is -0.467 e. The first kappa shape index (κ1) is 27.2. The van der Waals surface area contributed by atoms with E-state index in [1.165, 1.54) is 25.5 Å². The third-order valence-electron chi connectivity index (χ3n) is 6.14. The second-order valence-electron chi connectivity index (χ2n) is 8.89. The summed E-state index contributed by atoms with van der Waals surface area (Å²) in [6.45, 7) is 8.04. The van der Waals surface area contributed by atoms with Gasteiger partial charge in [-0.15, -0.1) is 0 Å². The van der Waals surface area contributed by atoms with Crippen molar-refractivity contribution >= 4 is 34.2 Å². The van der Waals surface area contributed by atoms with E-state index < -0.39 is 12.0 Å². The van der Waals surface area contributed by atoms with Crippen LogP contribution in [0.2, 0.25) is 0 Å². The number of unbranched alkanes of at least 4 members (excludes halogenated alkanes) is 3. The van der Waals surface area contributed by atoms with Gasteiger partial charge in [0.2, 0.25) is 0 Å². The van der Waals surface area contributed by atoms with Crippen LogP contribution >= 0.6 is 0 Å². The van der Waals surface area contributed by atoms with Gasteiger partial charge in [-0.25, -0.2) is 9.59 Å². The lowest BCUT2D eigenvalue weighted by molar-refractivity contribution is -0.143. The van der Waals surface area contributed by atoms with Crippen LogP contribution in [0.25, 0.3) is 10.9 Å². The van der Waals surface area contributed by atoms with E-state index in [-0.39, 0.29) is 30.6 Å². The van der Waals surface area contributed by atoms with Crippen LogP contribution in [-0.2, 0) is 31.9 Å². The number of esters is 2. The van der Waals surface area contributed by atoms with Crippen molar-refractivity contribution in [1.82, 2.24) is 4.98 Å². The molecule has 8 heteroatoms. The fourth-order valence-electron chi connectivity index (χ4n) is 4.43. The molecule has 188 valence electrons. The van der Waals surface area contributed by atoms with Gasteiger partial charge in [-0.05, 0) is 42.9 Å². The highest BCUT2D eigenvalue weighted by Gasteiger charge is 2.30. The summed E-state index contributed by atoms with van der Waals surface area (Å²) < 4.78 is 10.1. The van der Waals surface area contributed by atoms with E-state index in [2.05, 4.69) is 23.1 Å². The minimum atomic E-state index is -0.653. The van der Waals surface area contributed by atoms with E-state index in [9.17, 15) is 14.8 Å². The van der Waals surface area contributed by atoms with Gasteiger partial charge in [0.05, 0.1) is 19.2 Å². The summed E-state index contributed by atoms with van der Waals surface area (Å²) in [5, 5.41) is 13.6. The van der Waals surface area contributed by atoms with Crippen LogP contribution in [-0.4, -0.2) is 54.6 Å². The number of aryl methyl sites for hydroxylation is 1. The van der Waals surface area contributed by atoms with Gasteiger partial charge in [0.15, 0.2) is 5.71 Å². The Balaban J connectivity index is 2.58. The van der Waals surface area contributed by atoms with Crippen molar-refractivity contribution in [3.05, 3.63) is 29.5 Å². The van der Waals surface area contributed by atoms with Crippen molar-refractivity contribution in [2.24, 2.45) is 11.1 Å². The number of nitrogens with zero attached hydrogens (tertiary/aromatic N) is 2. The molecular weight excluding hydrogens is 434 g/mol. The average molecular weight is 474 g/mol. The molecule has 1 aromatic heterocycles. The Labute approximate surface area is 202 Å². The summed E-state index contributed by atoms with van der Waals surface area (Å²) in [6, 6.07) is 3.64. The minimum absolute atomic E-state index is 0.0118. The van der Waals surface area contributed by atoms with Crippen molar-refractivity contribution in [3.8, 4) is 0 Å². The van der Waals surface area contributed by atoms with Gasteiger partial charge in [0.25, 0.3) is 0 Å². The van der Waals surface area contributed by atoms with E-state index in [0.717, 1.165) is 41.4 Å². The standard InChI is InChI=1S/C26H39N3O5/c1-7-9-10-11-12-18-13-14-21(29(5)24(17(3)4)26(31)33-6)22-19(16-27-23(18)22)15-20(28-32)25(30)34-8-2/h13-14,16-17,24,27,32H,7-12,15H2,1-6H3/b28-20-/t24-/m0/s1. The Hall–Kier alpha value is -3.03. The van der Waals surface area contributed by atoms with Crippen LogP contribution in [0.4, 0.5) is 5.69 Å². The third kappa shape index (κ3) is 6.30. The third-order valence-corrected chi connectivity index (χ3v) is 6.14. The van der Waals surface area contributed by atoms with Crippen molar-refractivity contribution in [3.63, 3.8) is 0 Å². The zero-order valence-corrected chi connectivity index (χ0v) is 21.3. The lowest BCUT2D eigenvalue weighted by atomic mass is 9.97. The predicted molar refractivity (Wildman–Crippen MR) is 135 cm³/mol. The van der Waals surface area contributed by atoms with Gasteiger partial charge in [-0.2, -0.15) is 0 Å². The van der Waals surface area contributed by atoms with E-state index in [1.54, 1.807) is 6.92 Å². The summed E-state index contributed by atoms with van der Waals surface area (Å²) in [5.41, 5.74) is 3.70. The van der Waals surface area contributed by atoms with Crippen molar-refractivity contribution < 1.29 is 24.3 Å². The van der Waals surface area contributed by atoms with Gasteiger partial charge >= 0.3 is 11.9 Å². The number of likely N-dealkylation sites (N-methyl/N-ethyl adjacent to an activating group) is 1. The molecule has 0 aliphatic carbocycles. The number of hydrogen-bond donors (Lipinski definition) is 2. The number of carbonyl (C=O) groups is 2. The van der Waals surface area contributed by atoms with Crippen LogP contribution in [0.15, 0.2) is 23.5 Å². The molecule has 2 rings (SSSR count). The van der Waals surface area contributed by atoms with Gasteiger partial charge in [0.1, 0.15) is 6.04 Å². The molecule has 0 aliphatic heterocycles. The van der Waals surface area contributed by atoms with E-state index in [0.29, 0.717) is 0 Å². The lowest BCUT2D eigenvalue weighted by Crippen LogP contribution is -2.43. The van der Waals surface area contributed by atoms with E-state index in [1.807, 2.05) is 38.1 Å². The van der Waals surface area contributed by atoms with Gasteiger partial charge < -0.3 is 24.6 Å². The fourth-order valence-corrected chi connectivity index (χ4v) is 4.43. The quantitative estimate of drug-likeness (QED) is 0.142. The smallest absolute Gasteiger partial charge is 0.356 e. The van der Waals surface area contributed by atoms with Gasteiger partial charge in [-0.3, -0.25) is 0 Å². The molecule has 0 fully saturated rings. The number of oxime groups is 1. The number of methoxy groups -OCH3 is 1. The molecule has 1 atom stereocenters. The fraction of sp³-hybridized carbons (Fsp3) is 0.577. The SMILES string of the molecule is CCCCCCc1ccc(N(C)[C@H](C(=O)OC)C(C)C)c2c(C/C(=N/O)C(=O)OCC)c[nH]c12. The molecule has 1 aromatic carbocycles. The first-order chi connectivity index (χ1) is 16.3. The second-order valence-corrected chi connectivity index (χ2v) is 8.89. The van der Waals surface area contributed by atoms with Crippen LogP contribution in [0.3, 0.4) is 0 Å². The molecule has 0 unspecified atom stereocenters. The predicted octanol–water partition coefficient (Wildman–Crippen LogP) is 4.86. The number of hydrogen-bond acceptors (Lipinski definition) is 7. The maximum absolute atomic E-state index is 12.6. The van der Waals surface area contributed by atoms with Crippen molar-refractivity contribution in [2.45, 2.75) is 72.3 Å². The molecule has 0 saturated heterocycles. The molecule has 1 heterocycles. The molecule has 0 spiro atoms. The van der Waals surface area contributed by atoms with Crippen LogP contribution in [0.5, 0.6) is 0 Å². The van der Waals surface area contributed by atoms with Crippen LogP contribution in [0.1, 0.15) is 64.5 Å². The van der Waals surface area contributed by atoms with Crippen molar-refractivity contribution in [1.29, 1.82) is 0 Å². The number of aromatic amines is 1. The van der Waals surface area contributed by atoms with E-state index >= 15 is 0 Å². The Morgan fingerprint density at radius 3 is 2.47 bits per heavy atom. The molecule has 8 nitrogen and oxygen atoms in total.